The molecule has 0 aliphatic carbocycles. The van der Waals surface area contributed by atoms with E-state index in [0.29, 0.717) is 5.02 Å². The van der Waals surface area contributed by atoms with Gasteiger partial charge in [0.25, 0.3) is 10.0 Å². The molecule has 0 spiro atoms. The number of halogens is 1. The number of amides is 1. The van der Waals surface area contributed by atoms with Gasteiger partial charge in [0.05, 0.1) is 11.4 Å². The van der Waals surface area contributed by atoms with Crippen molar-refractivity contribution in [3.05, 3.63) is 46.8 Å². The third-order valence-electron chi connectivity index (χ3n) is 4.56. The summed E-state index contributed by atoms with van der Waals surface area (Å²) < 4.78 is 52.9. The van der Waals surface area contributed by atoms with Crippen LogP contribution in [0.2, 0.25) is 5.02 Å². The highest BCUT2D eigenvalue weighted by molar-refractivity contribution is 7.91. The first-order chi connectivity index (χ1) is 13.6. The highest BCUT2D eigenvalue weighted by atomic mass is 35.5. The van der Waals surface area contributed by atoms with Crippen molar-refractivity contribution in [1.82, 2.24) is 13.5 Å². The molecule has 1 aromatic heterocycles. The predicted molar refractivity (Wildman–Crippen MR) is 111 cm³/mol. The lowest BCUT2D eigenvalue weighted by Crippen LogP contribution is -2.52. The van der Waals surface area contributed by atoms with Gasteiger partial charge in [-0.05, 0) is 35.7 Å². The fraction of sp³-hybridized carbons (Fsp3) is 0.353. The van der Waals surface area contributed by atoms with Gasteiger partial charge in [-0.15, -0.1) is 11.3 Å². The summed E-state index contributed by atoms with van der Waals surface area (Å²) in [6.07, 6.45) is 0. The third-order valence-corrected chi connectivity index (χ3v) is 9.90. The number of carbonyl (C=O) groups is 1. The van der Waals surface area contributed by atoms with Crippen molar-refractivity contribution in [2.24, 2.45) is 0 Å². The van der Waals surface area contributed by atoms with Crippen LogP contribution in [-0.4, -0.2) is 76.0 Å². The van der Waals surface area contributed by atoms with E-state index in [2.05, 4.69) is 0 Å². The van der Waals surface area contributed by atoms with Crippen molar-refractivity contribution in [1.29, 1.82) is 0 Å². The van der Waals surface area contributed by atoms with Crippen molar-refractivity contribution < 1.29 is 21.6 Å². The molecule has 1 amide bonds. The quantitative estimate of drug-likeness (QED) is 0.629. The van der Waals surface area contributed by atoms with Crippen molar-refractivity contribution >= 4 is 48.9 Å². The number of nitrogens with zero attached hydrogens (tertiary/aromatic N) is 3. The van der Waals surface area contributed by atoms with Gasteiger partial charge in [-0.1, -0.05) is 17.7 Å². The Morgan fingerprint density at radius 1 is 1.07 bits per heavy atom. The Bertz CT molecular complexity index is 1060. The van der Waals surface area contributed by atoms with Gasteiger partial charge >= 0.3 is 0 Å². The highest BCUT2D eigenvalue weighted by Gasteiger charge is 2.32. The minimum absolute atomic E-state index is 0.0454. The first kappa shape index (κ1) is 22.2. The van der Waals surface area contributed by atoms with E-state index in [1.807, 2.05) is 0 Å². The molecule has 1 saturated heterocycles. The van der Waals surface area contributed by atoms with E-state index >= 15 is 0 Å². The Hall–Kier alpha value is -1.50. The van der Waals surface area contributed by atoms with Crippen LogP contribution in [0.4, 0.5) is 0 Å². The fourth-order valence-electron chi connectivity index (χ4n) is 2.88. The number of benzene rings is 1. The lowest BCUT2D eigenvalue weighted by atomic mass is 10.3. The molecule has 12 heteroatoms. The summed E-state index contributed by atoms with van der Waals surface area (Å²) in [7, 11) is -6.06. The average molecular weight is 478 g/mol. The molecular weight excluding hydrogens is 458 g/mol. The van der Waals surface area contributed by atoms with Gasteiger partial charge in [0.2, 0.25) is 15.9 Å². The van der Waals surface area contributed by atoms with Crippen LogP contribution in [0.3, 0.4) is 0 Å². The molecule has 0 N–H and O–H groups in total. The maximum atomic E-state index is 12.6. The van der Waals surface area contributed by atoms with Crippen LogP contribution < -0.4 is 0 Å². The molecular formula is C17H20ClN3O5S3. The molecule has 1 fully saturated rings. The van der Waals surface area contributed by atoms with E-state index in [4.69, 9.17) is 11.6 Å². The van der Waals surface area contributed by atoms with E-state index in [9.17, 15) is 21.6 Å². The van der Waals surface area contributed by atoms with Crippen LogP contribution >= 0.6 is 22.9 Å². The molecule has 3 rings (SSSR count). The minimum Gasteiger partial charge on any atom is -0.339 e. The summed E-state index contributed by atoms with van der Waals surface area (Å²) in [5, 5.41) is 2.11. The molecule has 1 aromatic carbocycles. The molecule has 1 aliphatic rings. The second kappa shape index (κ2) is 8.70. The summed E-state index contributed by atoms with van der Waals surface area (Å²) in [5.74, 6) is -0.377. The molecule has 1 aliphatic heterocycles. The van der Waals surface area contributed by atoms with E-state index in [1.165, 1.54) is 40.5 Å². The second-order valence-electron chi connectivity index (χ2n) is 6.43. The molecule has 0 unspecified atom stereocenters. The topological polar surface area (TPSA) is 95.1 Å². The minimum atomic E-state index is -3.83. The van der Waals surface area contributed by atoms with E-state index < -0.39 is 20.0 Å². The van der Waals surface area contributed by atoms with Gasteiger partial charge in [-0.3, -0.25) is 4.79 Å². The molecule has 2 aromatic rings. The molecule has 2 heterocycles. The van der Waals surface area contributed by atoms with Crippen molar-refractivity contribution in [2.75, 3.05) is 39.8 Å². The lowest BCUT2D eigenvalue weighted by molar-refractivity contribution is -0.132. The van der Waals surface area contributed by atoms with Crippen LogP contribution in [0.15, 0.2) is 50.9 Å². The van der Waals surface area contributed by atoms with Gasteiger partial charge in [-0.25, -0.2) is 16.8 Å². The first-order valence-electron chi connectivity index (χ1n) is 8.66. The molecule has 29 heavy (non-hydrogen) atoms. The van der Waals surface area contributed by atoms with Crippen LogP contribution in [0, 0.1) is 0 Å². The van der Waals surface area contributed by atoms with Crippen LogP contribution in [0.1, 0.15) is 0 Å². The second-order valence-corrected chi connectivity index (χ2v) is 12.0. The predicted octanol–water partition coefficient (Wildman–Crippen LogP) is 1.56. The maximum Gasteiger partial charge on any atom is 0.252 e. The van der Waals surface area contributed by atoms with E-state index in [-0.39, 0.29) is 47.7 Å². The van der Waals surface area contributed by atoms with Gasteiger partial charge < -0.3 is 4.90 Å². The molecule has 0 atom stereocenters. The van der Waals surface area contributed by atoms with E-state index in [0.717, 1.165) is 15.6 Å². The number of thiophene rings is 1. The Balaban J connectivity index is 1.60. The molecule has 158 valence electrons. The lowest BCUT2D eigenvalue weighted by Gasteiger charge is -2.34. The zero-order chi connectivity index (χ0) is 21.2. The third kappa shape index (κ3) is 4.81. The Morgan fingerprint density at radius 3 is 2.24 bits per heavy atom. The fourth-order valence-corrected chi connectivity index (χ4v) is 6.69. The number of sulfonamides is 2. The molecule has 8 nitrogen and oxygen atoms in total. The standard InChI is InChI=1S/C17H20ClN3O5S3/c1-19(28(23,24)15-6-4-14(18)5-7-15)13-16(22)20-8-10-21(11-9-20)29(25,26)17-3-2-12-27-17/h2-7,12H,8-11,13H2,1H3. The van der Waals surface area contributed by atoms with Gasteiger partial charge in [0, 0.05) is 38.2 Å². The van der Waals surface area contributed by atoms with Crippen molar-refractivity contribution in [3.63, 3.8) is 0 Å². The average Bonchev–Trinajstić information content (AvgIpc) is 3.24. The number of hydrogen-bond acceptors (Lipinski definition) is 6. The monoisotopic (exact) mass is 477 g/mol. The summed E-state index contributed by atoms with van der Waals surface area (Å²) in [4.78, 5) is 14.1. The SMILES string of the molecule is CN(CC(=O)N1CCN(S(=O)(=O)c2cccs2)CC1)S(=O)(=O)c1ccc(Cl)cc1. The smallest absolute Gasteiger partial charge is 0.252 e. The van der Waals surface area contributed by atoms with Crippen molar-refractivity contribution in [3.8, 4) is 0 Å². The number of piperazine rings is 1. The Labute approximate surface area is 179 Å². The highest BCUT2D eigenvalue weighted by Crippen LogP contribution is 2.22. The van der Waals surface area contributed by atoms with Gasteiger partial charge in [0.1, 0.15) is 4.21 Å². The van der Waals surface area contributed by atoms with Crippen LogP contribution in [-0.2, 0) is 24.8 Å². The van der Waals surface area contributed by atoms with E-state index in [1.54, 1.807) is 17.5 Å². The Morgan fingerprint density at radius 2 is 1.69 bits per heavy atom. The number of carbonyl (C=O) groups excluding carboxylic acids is 1. The zero-order valence-corrected chi connectivity index (χ0v) is 18.8. The number of rotatable bonds is 6. The zero-order valence-electron chi connectivity index (χ0n) is 15.6. The van der Waals surface area contributed by atoms with Crippen LogP contribution in [0.25, 0.3) is 0 Å². The molecule has 0 radical (unpaired) electrons. The largest absolute Gasteiger partial charge is 0.339 e. The summed E-state index contributed by atoms with van der Waals surface area (Å²) in [6.45, 7) is 0.415. The number of likely N-dealkylation sites (N-methyl/N-ethyl adjacent to an activating group) is 1. The van der Waals surface area contributed by atoms with Gasteiger partial charge in [0.15, 0.2) is 0 Å². The molecule has 0 bridgehead atoms. The maximum absolute atomic E-state index is 12.6. The first-order valence-corrected chi connectivity index (χ1v) is 12.8. The number of hydrogen-bond donors (Lipinski definition) is 0. The summed E-state index contributed by atoms with van der Waals surface area (Å²) in [5.41, 5.74) is 0. The van der Waals surface area contributed by atoms with Gasteiger partial charge in [-0.2, -0.15) is 8.61 Å². The summed E-state index contributed by atoms with van der Waals surface area (Å²) >= 11 is 6.94. The summed E-state index contributed by atoms with van der Waals surface area (Å²) in [6, 6.07) is 8.93. The Kier molecular flexibility index (Phi) is 6.66. The van der Waals surface area contributed by atoms with Crippen LogP contribution in [0.5, 0.6) is 0 Å². The normalized spacial score (nSPS) is 16.3. The molecule has 0 saturated carbocycles. The van der Waals surface area contributed by atoms with Crippen molar-refractivity contribution in [2.45, 2.75) is 9.10 Å².